The van der Waals surface area contributed by atoms with E-state index in [2.05, 4.69) is 4.74 Å². The minimum absolute atomic E-state index is 0.141. The number of hydrogen-bond donors (Lipinski definition) is 1. The predicted molar refractivity (Wildman–Crippen MR) is 91.5 cm³/mol. The van der Waals surface area contributed by atoms with Crippen LogP contribution in [-0.4, -0.2) is 18.5 Å². The maximum atomic E-state index is 13.0. The fraction of sp³-hybridized carbons (Fsp3) is 0.111. The highest BCUT2D eigenvalue weighted by Crippen LogP contribution is 2.36. The number of hydrogen-bond acceptors (Lipinski definition) is 3. The van der Waals surface area contributed by atoms with Gasteiger partial charge in [0.1, 0.15) is 5.82 Å². The highest BCUT2D eigenvalue weighted by molar-refractivity contribution is 6.30. The molecule has 142 valence electrons. The van der Waals surface area contributed by atoms with Crippen molar-refractivity contribution in [1.29, 1.82) is 0 Å². The van der Waals surface area contributed by atoms with Crippen LogP contribution in [-0.2, 0) is 20.5 Å². The SMILES string of the molecule is O=C(COC(=O)/C=C/c1ccc(F)cc1)Nc1ccc(Cl)cc1C(F)(F)F. The third kappa shape index (κ3) is 6.41. The van der Waals surface area contributed by atoms with E-state index in [1.807, 2.05) is 5.32 Å². The normalized spacial score (nSPS) is 11.4. The summed E-state index contributed by atoms with van der Waals surface area (Å²) in [6.45, 7) is -0.785. The summed E-state index contributed by atoms with van der Waals surface area (Å²) >= 11 is 5.55. The Hall–Kier alpha value is -2.87. The molecule has 2 aromatic rings. The van der Waals surface area contributed by atoms with E-state index in [4.69, 9.17) is 11.6 Å². The zero-order chi connectivity index (χ0) is 20.0. The van der Waals surface area contributed by atoms with Crippen LogP contribution < -0.4 is 5.32 Å². The lowest BCUT2D eigenvalue weighted by Gasteiger charge is -2.14. The molecule has 0 radical (unpaired) electrons. The topological polar surface area (TPSA) is 55.4 Å². The van der Waals surface area contributed by atoms with Crippen LogP contribution in [0, 0.1) is 5.82 Å². The highest BCUT2D eigenvalue weighted by atomic mass is 35.5. The third-order valence-corrected chi connectivity index (χ3v) is 3.42. The lowest BCUT2D eigenvalue weighted by molar-refractivity contribution is -0.142. The van der Waals surface area contributed by atoms with Crippen molar-refractivity contribution in [3.05, 3.63) is 70.5 Å². The number of benzene rings is 2. The van der Waals surface area contributed by atoms with Crippen molar-refractivity contribution >= 4 is 35.2 Å². The van der Waals surface area contributed by atoms with Gasteiger partial charge in [-0.25, -0.2) is 9.18 Å². The lowest BCUT2D eigenvalue weighted by atomic mass is 10.1. The van der Waals surface area contributed by atoms with Gasteiger partial charge in [-0.1, -0.05) is 23.7 Å². The molecule has 4 nitrogen and oxygen atoms in total. The van der Waals surface area contributed by atoms with Gasteiger partial charge in [0.2, 0.25) is 0 Å². The van der Waals surface area contributed by atoms with E-state index in [-0.39, 0.29) is 5.02 Å². The number of alkyl halides is 3. The molecule has 2 rings (SSSR count). The zero-order valence-corrected chi connectivity index (χ0v) is 14.3. The van der Waals surface area contributed by atoms with E-state index in [9.17, 15) is 27.2 Å². The van der Waals surface area contributed by atoms with Crippen LogP contribution in [0.3, 0.4) is 0 Å². The average molecular weight is 402 g/mol. The second-order valence-electron chi connectivity index (χ2n) is 5.23. The number of amides is 1. The highest BCUT2D eigenvalue weighted by Gasteiger charge is 2.34. The summed E-state index contributed by atoms with van der Waals surface area (Å²) in [6, 6.07) is 8.10. The minimum Gasteiger partial charge on any atom is -0.452 e. The molecule has 0 aliphatic carbocycles. The van der Waals surface area contributed by atoms with Crippen molar-refractivity contribution < 1.29 is 31.9 Å². The largest absolute Gasteiger partial charge is 0.452 e. The molecule has 0 aliphatic heterocycles. The van der Waals surface area contributed by atoms with Crippen molar-refractivity contribution in [2.45, 2.75) is 6.18 Å². The first-order chi connectivity index (χ1) is 12.6. The molecule has 0 bridgehead atoms. The summed E-state index contributed by atoms with van der Waals surface area (Å²) in [7, 11) is 0. The molecular formula is C18H12ClF4NO3. The fourth-order valence-corrected chi connectivity index (χ4v) is 2.14. The van der Waals surface area contributed by atoms with Gasteiger partial charge in [0, 0.05) is 11.1 Å². The Morgan fingerprint density at radius 1 is 1.11 bits per heavy atom. The molecule has 2 aromatic carbocycles. The van der Waals surface area contributed by atoms with Gasteiger partial charge in [-0.2, -0.15) is 13.2 Å². The van der Waals surface area contributed by atoms with Gasteiger partial charge in [-0.3, -0.25) is 4.79 Å². The second-order valence-corrected chi connectivity index (χ2v) is 5.66. The van der Waals surface area contributed by atoms with Gasteiger partial charge in [0.25, 0.3) is 5.91 Å². The number of ether oxygens (including phenoxy) is 1. The molecular weight excluding hydrogens is 390 g/mol. The lowest BCUT2D eigenvalue weighted by Crippen LogP contribution is -2.22. The molecule has 9 heteroatoms. The number of anilines is 1. The molecule has 0 aromatic heterocycles. The van der Waals surface area contributed by atoms with Crippen molar-refractivity contribution in [1.82, 2.24) is 0 Å². The molecule has 0 spiro atoms. The van der Waals surface area contributed by atoms with Gasteiger partial charge in [-0.05, 0) is 42.0 Å². The van der Waals surface area contributed by atoms with E-state index >= 15 is 0 Å². The minimum atomic E-state index is -4.72. The van der Waals surface area contributed by atoms with Gasteiger partial charge in [0.05, 0.1) is 11.3 Å². The average Bonchev–Trinajstić information content (AvgIpc) is 2.60. The number of halogens is 5. The van der Waals surface area contributed by atoms with E-state index < -0.39 is 41.7 Å². The van der Waals surface area contributed by atoms with Crippen LogP contribution in [0.2, 0.25) is 5.02 Å². The van der Waals surface area contributed by atoms with Crippen molar-refractivity contribution in [2.75, 3.05) is 11.9 Å². The molecule has 0 unspecified atom stereocenters. The Labute approximate surface area is 156 Å². The first kappa shape index (κ1) is 20.4. The van der Waals surface area contributed by atoms with Gasteiger partial charge in [-0.15, -0.1) is 0 Å². The van der Waals surface area contributed by atoms with E-state index in [0.29, 0.717) is 11.6 Å². The molecule has 0 aliphatic rings. The molecule has 0 saturated carbocycles. The molecule has 0 saturated heterocycles. The Morgan fingerprint density at radius 3 is 2.41 bits per heavy atom. The molecule has 1 N–H and O–H groups in total. The summed E-state index contributed by atoms with van der Waals surface area (Å²) in [5, 5.41) is 1.88. The summed E-state index contributed by atoms with van der Waals surface area (Å²) in [5.41, 5.74) is -1.10. The van der Waals surface area contributed by atoms with Crippen molar-refractivity contribution in [2.24, 2.45) is 0 Å². The van der Waals surface area contributed by atoms with Crippen LogP contribution >= 0.6 is 11.6 Å². The Balaban J connectivity index is 1.93. The second kappa shape index (κ2) is 8.68. The van der Waals surface area contributed by atoms with E-state index in [0.717, 1.165) is 12.1 Å². The number of esters is 1. The molecule has 1 amide bonds. The summed E-state index contributed by atoms with van der Waals surface area (Å²) in [5.74, 6) is -2.28. The van der Waals surface area contributed by atoms with E-state index in [1.54, 1.807) is 0 Å². The Bertz CT molecular complexity index is 864. The number of nitrogens with one attached hydrogen (secondary N) is 1. The summed E-state index contributed by atoms with van der Waals surface area (Å²) < 4.78 is 56.3. The number of carbonyl (C=O) groups is 2. The Morgan fingerprint density at radius 2 is 1.78 bits per heavy atom. The van der Waals surface area contributed by atoms with Gasteiger partial charge >= 0.3 is 12.1 Å². The van der Waals surface area contributed by atoms with Crippen molar-refractivity contribution in [3.8, 4) is 0 Å². The van der Waals surface area contributed by atoms with Crippen LogP contribution in [0.25, 0.3) is 6.08 Å². The van der Waals surface area contributed by atoms with Gasteiger partial charge in [0.15, 0.2) is 6.61 Å². The monoisotopic (exact) mass is 401 g/mol. The maximum absolute atomic E-state index is 13.0. The van der Waals surface area contributed by atoms with Crippen LogP contribution in [0.5, 0.6) is 0 Å². The van der Waals surface area contributed by atoms with Crippen LogP contribution in [0.15, 0.2) is 48.5 Å². The molecule has 0 atom stereocenters. The molecule has 27 heavy (non-hydrogen) atoms. The number of rotatable bonds is 5. The predicted octanol–water partition coefficient (Wildman–Crippen LogP) is 4.69. The van der Waals surface area contributed by atoms with Gasteiger partial charge < -0.3 is 10.1 Å². The summed E-state index contributed by atoms with van der Waals surface area (Å²) in [6.07, 6.45) is -2.38. The first-order valence-electron chi connectivity index (χ1n) is 7.42. The van der Waals surface area contributed by atoms with Crippen molar-refractivity contribution in [3.63, 3.8) is 0 Å². The van der Waals surface area contributed by atoms with Crippen LogP contribution in [0.4, 0.5) is 23.2 Å². The van der Waals surface area contributed by atoms with Crippen LogP contribution in [0.1, 0.15) is 11.1 Å². The summed E-state index contributed by atoms with van der Waals surface area (Å²) in [4.78, 5) is 23.3. The number of carbonyl (C=O) groups excluding carboxylic acids is 2. The standard InChI is InChI=1S/C18H12ClF4NO3/c19-12-4-7-15(14(9-12)18(21,22)23)24-16(25)10-27-17(26)8-3-11-1-5-13(20)6-2-11/h1-9H,10H2,(H,24,25)/b8-3+. The first-order valence-corrected chi connectivity index (χ1v) is 7.80. The maximum Gasteiger partial charge on any atom is 0.418 e. The Kier molecular flexibility index (Phi) is 6.57. The smallest absolute Gasteiger partial charge is 0.418 e. The third-order valence-electron chi connectivity index (χ3n) is 3.19. The quantitative estimate of drug-likeness (QED) is 0.449. The molecule has 0 heterocycles. The fourth-order valence-electron chi connectivity index (χ4n) is 1.97. The van der Waals surface area contributed by atoms with E-state index in [1.165, 1.54) is 36.4 Å². The zero-order valence-electron chi connectivity index (χ0n) is 13.5. The molecule has 0 fully saturated rings.